The van der Waals surface area contributed by atoms with Gasteiger partial charge in [-0.3, -0.25) is 19.6 Å². The molecule has 1 aliphatic carbocycles. The van der Waals surface area contributed by atoms with Gasteiger partial charge in [-0.15, -0.1) is 0 Å². The fourth-order valence-electron chi connectivity index (χ4n) is 4.05. The van der Waals surface area contributed by atoms with Crippen molar-refractivity contribution in [3.05, 3.63) is 78.2 Å². The van der Waals surface area contributed by atoms with Crippen LogP contribution in [0.15, 0.2) is 66.1 Å². The Kier molecular flexibility index (Phi) is 8.67. The summed E-state index contributed by atoms with van der Waals surface area (Å²) in [6.45, 7) is 8.82. The minimum Gasteiger partial charge on any atom is -0.353 e. The van der Waals surface area contributed by atoms with Crippen LogP contribution in [0.3, 0.4) is 0 Å². The summed E-state index contributed by atoms with van der Waals surface area (Å²) in [4.78, 5) is 33.6. The van der Waals surface area contributed by atoms with E-state index < -0.39 is 11.9 Å². The molecule has 1 heterocycles. The molecule has 1 fully saturated rings. The van der Waals surface area contributed by atoms with Crippen LogP contribution < -0.4 is 16.0 Å². The molecular weight excluding hydrogens is 433 g/mol. The third-order valence-corrected chi connectivity index (χ3v) is 5.78. The molecule has 0 saturated heterocycles. The topological polar surface area (TPSA) is 95.5 Å². The number of aromatic nitrogens is 1. The Balaban J connectivity index is 1.76. The molecule has 178 valence electrons. The van der Waals surface area contributed by atoms with E-state index in [1.807, 2.05) is 0 Å². The molecule has 8 heteroatoms. The average Bonchev–Trinajstić information content (AvgIpc) is 3.34. The van der Waals surface area contributed by atoms with E-state index in [-0.39, 0.29) is 17.5 Å². The van der Waals surface area contributed by atoms with Crippen LogP contribution in [0.2, 0.25) is 0 Å². The molecule has 2 aromatic rings. The van der Waals surface area contributed by atoms with Crippen molar-refractivity contribution in [2.24, 2.45) is 10.9 Å². The van der Waals surface area contributed by atoms with E-state index in [1.54, 1.807) is 37.3 Å². The van der Waals surface area contributed by atoms with E-state index in [2.05, 4.69) is 39.2 Å². The lowest BCUT2D eigenvalue weighted by Crippen LogP contribution is -2.47. The third kappa shape index (κ3) is 6.84. The number of rotatable bonds is 10. The highest BCUT2D eigenvalue weighted by Crippen LogP contribution is 2.29. The first-order valence-corrected chi connectivity index (χ1v) is 11.3. The van der Waals surface area contributed by atoms with Crippen molar-refractivity contribution in [2.75, 3.05) is 5.32 Å². The molecular formula is C26H30FN5O2. The number of benzene rings is 1. The number of nitrogens with zero attached hydrogens (tertiary/aromatic N) is 2. The molecule has 1 saturated carbocycles. The van der Waals surface area contributed by atoms with Gasteiger partial charge in [0, 0.05) is 23.1 Å². The maximum atomic E-state index is 14.1. The Labute approximate surface area is 199 Å². The number of hydrogen-bond donors (Lipinski definition) is 3. The van der Waals surface area contributed by atoms with Gasteiger partial charge >= 0.3 is 0 Å². The molecule has 1 unspecified atom stereocenters. The molecule has 1 atom stereocenters. The summed E-state index contributed by atoms with van der Waals surface area (Å²) in [6, 6.07) is 7.57. The molecule has 3 N–H and O–H groups in total. The predicted molar refractivity (Wildman–Crippen MR) is 132 cm³/mol. The Bertz CT molecular complexity index is 1090. The lowest BCUT2D eigenvalue weighted by atomic mass is 9.97. The standard InChI is InChI=1S/C26H30FN5O2/c1-4-20(15-28-3)31-26(34)24(13-18-8-5-6-9-18)32-25(33)19-10-7-11-21(14-19)30-23-12-17(2)29-16-22(23)27/h4,7,10-12,14-16,18,24H,1,3,5-6,8-9,13H2,2H3,(H,29,30)(H,31,34)(H,32,33)/b20-15+. The number of hydrogen-bond acceptors (Lipinski definition) is 5. The van der Waals surface area contributed by atoms with Crippen LogP contribution in [-0.2, 0) is 4.79 Å². The van der Waals surface area contributed by atoms with Crippen LogP contribution in [0.5, 0.6) is 0 Å². The van der Waals surface area contributed by atoms with E-state index in [4.69, 9.17) is 0 Å². The second-order valence-corrected chi connectivity index (χ2v) is 8.38. The second-order valence-electron chi connectivity index (χ2n) is 8.38. The third-order valence-electron chi connectivity index (χ3n) is 5.78. The molecule has 1 aromatic carbocycles. The zero-order valence-corrected chi connectivity index (χ0v) is 19.3. The Morgan fingerprint density at radius 3 is 2.76 bits per heavy atom. The van der Waals surface area contributed by atoms with Crippen LogP contribution >= 0.6 is 0 Å². The highest BCUT2D eigenvalue weighted by molar-refractivity contribution is 5.98. The summed E-state index contributed by atoms with van der Waals surface area (Å²) >= 11 is 0. The minimum atomic E-state index is -0.722. The first kappa shape index (κ1) is 24.8. The predicted octanol–water partition coefficient (Wildman–Crippen LogP) is 4.80. The first-order valence-electron chi connectivity index (χ1n) is 11.3. The molecule has 1 aromatic heterocycles. The fourth-order valence-corrected chi connectivity index (χ4v) is 4.05. The summed E-state index contributed by atoms with van der Waals surface area (Å²) in [6.07, 6.45) is 8.89. The van der Waals surface area contributed by atoms with Crippen molar-refractivity contribution in [1.29, 1.82) is 0 Å². The lowest BCUT2D eigenvalue weighted by Gasteiger charge is -2.22. The molecule has 0 aliphatic heterocycles. The van der Waals surface area contributed by atoms with Crippen molar-refractivity contribution < 1.29 is 14.0 Å². The highest BCUT2D eigenvalue weighted by Gasteiger charge is 2.27. The number of pyridine rings is 1. The SMILES string of the molecule is C=C/C(=C\N=C)NC(=O)C(CC1CCCC1)NC(=O)c1cccc(Nc2cc(C)ncc2F)c1. The molecule has 0 spiro atoms. The van der Waals surface area contributed by atoms with Crippen molar-refractivity contribution in [3.63, 3.8) is 0 Å². The van der Waals surface area contributed by atoms with Crippen LogP contribution in [0.1, 0.15) is 48.2 Å². The molecule has 3 rings (SSSR count). The fraction of sp³-hybridized carbons (Fsp3) is 0.308. The molecule has 2 amide bonds. The summed E-state index contributed by atoms with van der Waals surface area (Å²) in [5, 5.41) is 8.60. The molecule has 7 nitrogen and oxygen atoms in total. The maximum absolute atomic E-state index is 14.1. The smallest absolute Gasteiger partial charge is 0.252 e. The summed E-state index contributed by atoms with van der Waals surface area (Å²) in [5.41, 5.74) is 2.24. The zero-order valence-electron chi connectivity index (χ0n) is 19.3. The number of halogens is 1. The number of aryl methyl sites for hydroxylation is 1. The van der Waals surface area contributed by atoms with Gasteiger partial charge in [0.1, 0.15) is 6.04 Å². The molecule has 1 aliphatic rings. The Morgan fingerprint density at radius 1 is 1.29 bits per heavy atom. The van der Waals surface area contributed by atoms with Crippen molar-refractivity contribution in [2.45, 2.75) is 45.1 Å². The number of carbonyl (C=O) groups excluding carboxylic acids is 2. The number of nitrogens with one attached hydrogen (secondary N) is 3. The quantitative estimate of drug-likeness (QED) is 0.349. The largest absolute Gasteiger partial charge is 0.353 e. The van der Waals surface area contributed by atoms with Gasteiger partial charge in [-0.2, -0.15) is 0 Å². The van der Waals surface area contributed by atoms with Crippen LogP contribution in [-0.4, -0.2) is 29.6 Å². The molecule has 0 radical (unpaired) electrons. The average molecular weight is 464 g/mol. The van der Waals surface area contributed by atoms with Crippen molar-refractivity contribution in [1.82, 2.24) is 15.6 Å². The van der Waals surface area contributed by atoms with Crippen molar-refractivity contribution >= 4 is 29.9 Å². The van der Waals surface area contributed by atoms with E-state index in [0.29, 0.717) is 35.0 Å². The number of aliphatic imine (C=N–C) groups is 1. The lowest BCUT2D eigenvalue weighted by molar-refractivity contribution is -0.122. The Morgan fingerprint density at radius 2 is 2.06 bits per heavy atom. The van der Waals surface area contributed by atoms with Crippen LogP contribution in [0, 0.1) is 18.7 Å². The first-order chi connectivity index (χ1) is 16.4. The van der Waals surface area contributed by atoms with Gasteiger partial charge < -0.3 is 16.0 Å². The van der Waals surface area contributed by atoms with Gasteiger partial charge in [-0.25, -0.2) is 4.39 Å². The normalized spacial score (nSPS) is 14.8. The van der Waals surface area contributed by atoms with E-state index in [0.717, 1.165) is 31.9 Å². The van der Waals surface area contributed by atoms with Gasteiger partial charge in [0.25, 0.3) is 5.91 Å². The minimum absolute atomic E-state index is 0.267. The van der Waals surface area contributed by atoms with E-state index in [1.165, 1.54) is 12.3 Å². The Hall–Kier alpha value is -3.81. The molecule has 0 bridgehead atoms. The van der Waals surface area contributed by atoms with E-state index >= 15 is 0 Å². The monoisotopic (exact) mass is 463 g/mol. The van der Waals surface area contributed by atoms with Crippen LogP contribution in [0.25, 0.3) is 0 Å². The number of anilines is 2. The zero-order chi connectivity index (χ0) is 24.5. The van der Waals surface area contributed by atoms with Gasteiger partial charge in [0.15, 0.2) is 5.82 Å². The number of carbonyl (C=O) groups is 2. The van der Waals surface area contributed by atoms with Crippen LogP contribution in [0.4, 0.5) is 15.8 Å². The molecule has 34 heavy (non-hydrogen) atoms. The number of allylic oxidation sites excluding steroid dienone is 1. The summed E-state index contributed by atoms with van der Waals surface area (Å²) < 4.78 is 14.1. The summed E-state index contributed by atoms with van der Waals surface area (Å²) in [5.74, 6) is -0.845. The number of amides is 2. The van der Waals surface area contributed by atoms with Gasteiger partial charge in [-0.05, 0) is 56.3 Å². The van der Waals surface area contributed by atoms with E-state index in [9.17, 15) is 14.0 Å². The second kappa shape index (κ2) is 11.9. The van der Waals surface area contributed by atoms with Gasteiger partial charge in [0.2, 0.25) is 5.91 Å². The van der Waals surface area contributed by atoms with Gasteiger partial charge in [0.05, 0.1) is 17.6 Å². The summed E-state index contributed by atoms with van der Waals surface area (Å²) in [7, 11) is 0. The highest BCUT2D eigenvalue weighted by atomic mass is 19.1. The maximum Gasteiger partial charge on any atom is 0.252 e. The van der Waals surface area contributed by atoms with Gasteiger partial charge in [-0.1, -0.05) is 38.3 Å². The van der Waals surface area contributed by atoms with Crippen molar-refractivity contribution in [3.8, 4) is 0 Å².